The third-order valence-electron chi connectivity index (χ3n) is 3.26. The Morgan fingerprint density at radius 2 is 2.39 bits per heavy atom. The average Bonchev–Trinajstić information content (AvgIpc) is 2.36. The number of likely N-dealkylation sites (N-methyl/N-ethyl adjacent to an activating group) is 1. The maximum absolute atomic E-state index is 11.6. The zero-order valence-corrected chi connectivity index (χ0v) is 11.7. The van der Waals surface area contributed by atoms with Gasteiger partial charge in [0.05, 0.1) is 12.7 Å². The molecule has 0 aromatic heterocycles. The molecule has 3 N–H and O–H groups in total. The summed E-state index contributed by atoms with van der Waals surface area (Å²) in [5.41, 5.74) is 5.64. The number of morpholine rings is 1. The highest BCUT2D eigenvalue weighted by Crippen LogP contribution is 2.04. The summed E-state index contributed by atoms with van der Waals surface area (Å²) in [5.74, 6) is 0.105. The van der Waals surface area contributed by atoms with Gasteiger partial charge in [-0.2, -0.15) is 0 Å². The average molecular weight is 257 g/mol. The standard InChI is InChI=1S/C13H27N3O2/c1-3-16-7-8-18-12(10-16)9-15-13(17)6-4-5-11(2)14/h11-12H,3-10,14H2,1-2H3,(H,15,17). The van der Waals surface area contributed by atoms with Crippen LogP contribution in [0.15, 0.2) is 0 Å². The molecule has 1 rings (SSSR count). The zero-order chi connectivity index (χ0) is 13.4. The minimum atomic E-state index is 0.105. The van der Waals surface area contributed by atoms with Gasteiger partial charge in [0.25, 0.3) is 0 Å². The van der Waals surface area contributed by atoms with E-state index in [1.165, 1.54) is 0 Å². The van der Waals surface area contributed by atoms with Crippen LogP contribution in [0.3, 0.4) is 0 Å². The highest BCUT2D eigenvalue weighted by atomic mass is 16.5. The monoisotopic (exact) mass is 257 g/mol. The fourth-order valence-corrected chi connectivity index (χ4v) is 2.09. The minimum Gasteiger partial charge on any atom is -0.374 e. The number of nitrogens with zero attached hydrogens (tertiary/aromatic N) is 1. The van der Waals surface area contributed by atoms with E-state index in [0.29, 0.717) is 13.0 Å². The quantitative estimate of drug-likeness (QED) is 0.690. The van der Waals surface area contributed by atoms with Crippen molar-refractivity contribution in [3.05, 3.63) is 0 Å². The van der Waals surface area contributed by atoms with Gasteiger partial charge in [-0.3, -0.25) is 9.69 Å². The molecule has 0 bridgehead atoms. The van der Waals surface area contributed by atoms with E-state index >= 15 is 0 Å². The zero-order valence-electron chi connectivity index (χ0n) is 11.7. The molecule has 0 aliphatic carbocycles. The van der Waals surface area contributed by atoms with Crippen molar-refractivity contribution in [1.82, 2.24) is 10.2 Å². The topological polar surface area (TPSA) is 67.6 Å². The lowest BCUT2D eigenvalue weighted by atomic mass is 10.1. The predicted octanol–water partition coefficient (Wildman–Crippen LogP) is 0.341. The molecule has 1 aliphatic heterocycles. The smallest absolute Gasteiger partial charge is 0.220 e. The second-order valence-corrected chi connectivity index (χ2v) is 5.06. The minimum absolute atomic E-state index is 0.105. The molecule has 0 radical (unpaired) electrons. The van der Waals surface area contributed by atoms with Gasteiger partial charge >= 0.3 is 0 Å². The van der Waals surface area contributed by atoms with Crippen LogP contribution in [0.1, 0.15) is 33.1 Å². The summed E-state index contributed by atoms with van der Waals surface area (Å²) in [6.45, 7) is 8.45. The van der Waals surface area contributed by atoms with E-state index in [-0.39, 0.29) is 18.1 Å². The van der Waals surface area contributed by atoms with E-state index in [1.807, 2.05) is 6.92 Å². The number of hydrogen-bond donors (Lipinski definition) is 2. The summed E-state index contributed by atoms with van der Waals surface area (Å²) in [7, 11) is 0. The molecule has 0 spiro atoms. The van der Waals surface area contributed by atoms with Crippen molar-refractivity contribution in [3.8, 4) is 0 Å². The van der Waals surface area contributed by atoms with Crippen molar-refractivity contribution >= 4 is 5.91 Å². The molecule has 1 heterocycles. The number of nitrogens with two attached hydrogens (primary N) is 1. The molecule has 1 saturated heterocycles. The number of carbonyl (C=O) groups excluding carboxylic acids is 1. The second-order valence-electron chi connectivity index (χ2n) is 5.06. The first-order chi connectivity index (χ1) is 8.61. The van der Waals surface area contributed by atoms with E-state index in [2.05, 4.69) is 17.1 Å². The van der Waals surface area contributed by atoms with Crippen LogP contribution in [0.5, 0.6) is 0 Å². The van der Waals surface area contributed by atoms with Gasteiger partial charge < -0.3 is 15.8 Å². The van der Waals surface area contributed by atoms with Crippen molar-refractivity contribution < 1.29 is 9.53 Å². The summed E-state index contributed by atoms with van der Waals surface area (Å²) >= 11 is 0. The van der Waals surface area contributed by atoms with E-state index in [0.717, 1.165) is 39.1 Å². The van der Waals surface area contributed by atoms with Crippen LogP contribution >= 0.6 is 0 Å². The van der Waals surface area contributed by atoms with Crippen LogP contribution < -0.4 is 11.1 Å². The molecule has 2 atom stereocenters. The van der Waals surface area contributed by atoms with Crippen LogP contribution in [0.2, 0.25) is 0 Å². The molecule has 2 unspecified atom stereocenters. The van der Waals surface area contributed by atoms with Crippen LogP contribution in [-0.4, -0.2) is 55.7 Å². The third kappa shape index (κ3) is 6.33. The Balaban J connectivity index is 2.10. The predicted molar refractivity (Wildman–Crippen MR) is 72.4 cm³/mol. The fraction of sp³-hybridized carbons (Fsp3) is 0.923. The first kappa shape index (κ1) is 15.4. The van der Waals surface area contributed by atoms with Gasteiger partial charge in [-0.25, -0.2) is 0 Å². The van der Waals surface area contributed by atoms with E-state index in [4.69, 9.17) is 10.5 Å². The van der Waals surface area contributed by atoms with Gasteiger partial charge in [0.1, 0.15) is 0 Å². The van der Waals surface area contributed by atoms with Gasteiger partial charge in [0, 0.05) is 32.1 Å². The SMILES string of the molecule is CCN1CCOC(CNC(=O)CCCC(C)N)C1. The van der Waals surface area contributed by atoms with E-state index < -0.39 is 0 Å². The van der Waals surface area contributed by atoms with Gasteiger partial charge in [0.15, 0.2) is 0 Å². The molecule has 106 valence electrons. The van der Waals surface area contributed by atoms with Crippen molar-refractivity contribution in [3.63, 3.8) is 0 Å². The largest absolute Gasteiger partial charge is 0.374 e. The van der Waals surface area contributed by atoms with Crippen molar-refractivity contribution in [2.75, 3.05) is 32.8 Å². The first-order valence-electron chi connectivity index (χ1n) is 6.98. The molecule has 5 nitrogen and oxygen atoms in total. The molecule has 5 heteroatoms. The summed E-state index contributed by atoms with van der Waals surface area (Å²) < 4.78 is 5.63. The lowest BCUT2D eigenvalue weighted by Crippen LogP contribution is -2.47. The summed E-state index contributed by atoms with van der Waals surface area (Å²) in [6.07, 6.45) is 2.45. The molecule has 1 amide bonds. The number of nitrogens with one attached hydrogen (secondary N) is 1. The van der Waals surface area contributed by atoms with Crippen LogP contribution in [-0.2, 0) is 9.53 Å². The highest BCUT2D eigenvalue weighted by molar-refractivity contribution is 5.75. The first-order valence-corrected chi connectivity index (χ1v) is 6.98. The van der Waals surface area contributed by atoms with Crippen LogP contribution in [0, 0.1) is 0 Å². The molecule has 0 aromatic carbocycles. The summed E-state index contributed by atoms with van der Waals surface area (Å²) in [6, 6.07) is 0.178. The Labute approximate surface area is 110 Å². The number of amides is 1. The van der Waals surface area contributed by atoms with E-state index in [1.54, 1.807) is 0 Å². The third-order valence-corrected chi connectivity index (χ3v) is 3.26. The molecule has 1 fully saturated rings. The van der Waals surface area contributed by atoms with Crippen molar-refractivity contribution in [1.29, 1.82) is 0 Å². The normalized spacial score (nSPS) is 22.7. The molecule has 0 saturated carbocycles. The van der Waals surface area contributed by atoms with Gasteiger partial charge in [-0.1, -0.05) is 6.92 Å². The lowest BCUT2D eigenvalue weighted by Gasteiger charge is -2.32. The number of hydrogen-bond acceptors (Lipinski definition) is 4. The second kappa shape index (κ2) is 8.45. The Kier molecular flexibility index (Phi) is 7.23. The molecule has 0 aromatic rings. The van der Waals surface area contributed by atoms with Crippen LogP contribution in [0.4, 0.5) is 0 Å². The molecule has 18 heavy (non-hydrogen) atoms. The maximum atomic E-state index is 11.6. The molecule has 1 aliphatic rings. The number of rotatable bonds is 7. The number of ether oxygens (including phenoxy) is 1. The summed E-state index contributed by atoms with van der Waals surface area (Å²) in [4.78, 5) is 13.9. The highest BCUT2D eigenvalue weighted by Gasteiger charge is 2.19. The Bertz CT molecular complexity index is 246. The van der Waals surface area contributed by atoms with Crippen molar-refractivity contribution in [2.24, 2.45) is 5.73 Å². The Morgan fingerprint density at radius 3 is 3.06 bits per heavy atom. The van der Waals surface area contributed by atoms with Crippen LogP contribution in [0.25, 0.3) is 0 Å². The number of carbonyl (C=O) groups is 1. The molecular formula is C13H27N3O2. The Hall–Kier alpha value is -0.650. The van der Waals surface area contributed by atoms with Gasteiger partial charge in [-0.15, -0.1) is 0 Å². The van der Waals surface area contributed by atoms with Gasteiger partial charge in [0.2, 0.25) is 5.91 Å². The fourth-order valence-electron chi connectivity index (χ4n) is 2.09. The Morgan fingerprint density at radius 1 is 1.61 bits per heavy atom. The molecular weight excluding hydrogens is 230 g/mol. The summed E-state index contributed by atoms with van der Waals surface area (Å²) in [5, 5.41) is 2.94. The van der Waals surface area contributed by atoms with E-state index in [9.17, 15) is 4.79 Å². The lowest BCUT2D eigenvalue weighted by molar-refractivity contribution is -0.122. The van der Waals surface area contributed by atoms with Gasteiger partial charge in [-0.05, 0) is 26.3 Å². The van der Waals surface area contributed by atoms with Crippen molar-refractivity contribution in [2.45, 2.75) is 45.3 Å². The maximum Gasteiger partial charge on any atom is 0.220 e.